The van der Waals surface area contributed by atoms with Crippen LogP contribution in [0.3, 0.4) is 0 Å². The van der Waals surface area contributed by atoms with Crippen molar-refractivity contribution in [3.63, 3.8) is 0 Å². The number of ether oxygens (including phenoxy) is 2. The van der Waals surface area contributed by atoms with Gasteiger partial charge >= 0.3 is 5.97 Å². The lowest BCUT2D eigenvalue weighted by Gasteiger charge is -2.28. The van der Waals surface area contributed by atoms with E-state index < -0.39 is 0 Å². The quantitative estimate of drug-likeness (QED) is 0.148. The van der Waals surface area contributed by atoms with Crippen LogP contribution in [0, 0.1) is 11.3 Å². The van der Waals surface area contributed by atoms with Crippen LogP contribution >= 0.6 is 60.8 Å². The van der Waals surface area contributed by atoms with Crippen LogP contribution in [0.25, 0.3) is 0 Å². The first-order valence-corrected chi connectivity index (χ1v) is 17.8. The Hall–Kier alpha value is 1.26. The Kier molecular flexibility index (Phi) is 16.8. The Balaban J connectivity index is 0.00000326. The van der Waals surface area contributed by atoms with Crippen LogP contribution in [0.2, 0.25) is 0 Å². The van der Waals surface area contributed by atoms with Gasteiger partial charge in [0.1, 0.15) is 5.78 Å². The van der Waals surface area contributed by atoms with Crippen molar-refractivity contribution in [3.8, 4) is 0 Å². The number of ketones is 1. The number of carbonyl (C=O) groups excluding carboxylic acids is 2. The highest BCUT2D eigenvalue weighted by molar-refractivity contribution is 15.0. The number of methoxy groups -OCH3 is 2. The third-order valence-corrected chi connectivity index (χ3v) is 7.69. The molecule has 4 nitrogen and oxygen atoms in total. The molecule has 2 unspecified atom stereocenters. The largest absolute Gasteiger partial charge is 0.468 e. The summed E-state index contributed by atoms with van der Waals surface area (Å²) >= 11 is 7.62. The third-order valence-electron chi connectivity index (χ3n) is 5.18. The summed E-state index contributed by atoms with van der Waals surface area (Å²) in [5, 5.41) is 0.0724. The molecule has 160 valence electrons. The highest BCUT2D eigenvalue weighted by Gasteiger charge is 2.42. The second-order valence-corrected chi connectivity index (χ2v) is 9.79. The van der Waals surface area contributed by atoms with Gasteiger partial charge in [0.25, 0.3) is 0 Å². The van der Waals surface area contributed by atoms with Gasteiger partial charge in [0, 0.05) is 56.7 Å². The Bertz CT molecular complexity index is 436. The molecule has 0 spiro atoms. The maximum atomic E-state index is 12.4. The lowest BCUT2D eigenvalue weighted by Crippen LogP contribution is -2.26. The predicted octanol–water partition coefficient (Wildman–Crippen LogP) is 5.98. The van der Waals surface area contributed by atoms with Gasteiger partial charge in [-0.15, -0.1) is 0 Å². The van der Waals surface area contributed by atoms with E-state index in [4.69, 9.17) is 4.74 Å². The molecule has 0 aromatic carbocycles. The minimum atomic E-state index is -0.176. The molecular formula is C19H34I2O4S2. The number of Topliss-reactive ketones (excluding diaryl/α,β-unsaturated/α-hetero) is 1. The van der Waals surface area contributed by atoms with E-state index in [1.165, 1.54) is 7.11 Å². The fourth-order valence-corrected chi connectivity index (χ4v) is 5.40. The van der Waals surface area contributed by atoms with Gasteiger partial charge in [-0.3, -0.25) is 9.59 Å². The maximum absolute atomic E-state index is 12.4. The van der Waals surface area contributed by atoms with Crippen molar-refractivity contribution in [2.24, 2.45) is 11.3 Å². The zero-order chi connectivity index (χ0) is 20.9. The molecule has 0 N–H and O–H groups in total. The number of rotatable bonds is 12. The zero-order valence-electron chi connectivity index (χ0n) is 17.1. The summed E-state index contributed by atoms with van der Waals surface area (Å²) in [5.74, 6) is 2.78. The van der Waals surface area contributed by atoms with Crippen LogP contribution in [0.1, 0.15) is 52.9 Å². The van der Waals surface area contributed by atoms with Crippen molar-refractivity contribution >= 4 is 72.5 Å². The molecule has 1 aliphatic carbocycles. The highest BCUT2D eigenvalue weighted by Crippen LogP contribution is 2.40. The smallest absolute Gasteiger partial charge is 0.315 e. The summed E-state index contributed by atoms with van der Waals surface area (Å²) in [5.41, 5.74) is 0.323. The lowest BCUT2D eigenvalue weighted by atomic mass is 9.82. The van der Waals surface area contributed by atoms with E-state index in [2.05, 4.69) is 62.7 Å². The first-order valence-electron chi connectivity index (χ1n) is 9.30. The summed E-state index contributed by atoms with van der Waals surface area (Å²) in [4.78, 5) is 23.5. The number of thioether (sulfide) groups is 2. The average molecular weight is 644 g/mol. The molecule has 27 heavy (non-hydrogen) atoms. The SMILES string of the molecule is CCC(C)(C)CC[C@H]1C(OC)CC(=O)C1SCCCSCC(=O)OC.II. The minimum Gasteiger partial charge on any atom is -0.468 e. The van der Waals surface area contributed by atoms with E-state index in [1.807, 2.05) is 0 Å². The molecule has 1 rings (SSSR count). The summed E-state index contributed by atoms with van der Waals surface area (Å²) in [7, 11) is 3.14. The van der Waals surface area contributed by atoms with Gasteiger partial charge in [-0.25, -0.2) is 0 Å². The zero-order valence-corrected chi connectivity index (χ0v) is 23.0. The number of carbonyl (C=O) groups is 2. The van der Waals surface area contributed by atoms with E-state index in [0.717, 1.165) is 37.2 Å². The molecular weight excluding hydrogens is 610 g/mol. The third kappa shape index (κ3) is 11.3. The Morgan fingerprint density at radius 2 is 1.93 bits per heavy atom. The normalized spacial score (nSPS) is 22.3. The van der Waals surface area contributed by atoms with Crippen molar-refractivity contribution in [1.29, 1.82) is 0 Å². The van der Waals surface area contributed by atoms with Crippen molar-refractivity contribution in [3.05, 3.63) is 0 Å². The Labute approximate surface area is 197 Å². The van der Waals surface area contributed by atoms with E-state index in [9.17, 15) is 9.59 Å². The van der Waals surface area contributed by atoms with E-state index in [1.54, 1.807) is 30.6 Å². The molecule has 8 heteroatoms. The summed E-state index contributed by atoms with van der Waals surface area (Å²) < 4.78 is 10.2. The fourth-order valence-electron chi connectivity index (χ4n) is 3.03. The second-order valence-electron chi connectivity index (χ2n) is 7.44. The number of halogens is 2. The molecule has 0 saturated heterocycles. The van der Waals surface area contributed by atoms with Crippen molar-refractivity contribution in [1.82, 2.24) is 0 Å². The van der Waals surface area contributed by atoms with Gasteiger partial charge in [0.2, 0.25) is 0 Å². The van der Waals surface area contributed by atoms with Crippen molar-refractivity contribution in [2.45, 2.75) is 64.2 Å². The maximum Gasteiger partial charge on any atom is 0.315 e. The summed E-state index contributed by atoms with van der Waals surface area (Å²) in [6.07, 6.45) is 4.98. The molecule has 0 aromatic heterocycles. The van der Waals surface area contributed by atoms with Gasteiger partial charge in [-0.2, -0.15) is 23.5 Å². The average Bonchev–Trinajstić information content (AvgIpc) is 2.99. The van der Waals surface area contributed by atoms with E-state index in [0.29, 0.717) is 29.3 Å². The lowest BCUT2D eigenvalue weighted by molar-refractivity contribution is -0.137. The molecule has 0 bridgehead atoms. The first-order chi connectivity index (χ1) is 12.8. The Morgan fingerprint density at radius 1 is 1.26 bits per heavy atom. The van der Waals surface area contributed by atoms with Crippen molar-refractivity contribution < 1.29 is 19.1 Å². The Morgan fingerprint density at radius 3 is 2.48 bits per heavy atom. The molecule has 1 aliphatic rings. The van der Waals surface area contributed by atoms with Crippen LogP contribution < -0.4 is 0 Å². The van der Waals surface area contributed by atoms with Gasteiger partial charge in [0.15, 0.2) is 0 Å². The molecule has 0 aliphatic heterocycles. The standard InChI is InChI=1S/C19H34O4S2.I2/c1-6-19(2,3)9-8-14-16(22-4)12-15(20)18(14)25-11-7-10-24-13-17(21)23-5;1-2/h14,16,18H,6-13H2,1-5H3;/t14-,16?,18?;/m0./s1. The molecule has 0 amide bonds. The summed E-state index contributed by atoms with van der Waals surface area (Å²) in [6.45, 7) is 6.82. The van der Waals surface area contributed by atoms with Crippen LogP contribution in [0.4, 0.5) is 0 Å². The molecule has 3 atom stereocenters. The molecule has 1 saturated carbocycles. The fraction of sp³-hybridized carbons (Fsp3) is 0.895. The first kappa shape index (κ1) is 28.3. The molecule has 0 aromatic rings. The minimum absolute atomic E-state index is 0.0724. The van der Waals surface area contributed by atoms with E-state index in [-0.39, 0.29) is 17.3 Å². The van der Waals surface area contributed by atoms with Crippen LogP contribution in [0.15, 0.2) is 0 Å². The van der Waals surface area contributed by atoms with Crippen LogP contribution in [-0.2, 0) is 19.1 Å². The van der Waals surface area contributed by atoms with Crippen molar-refractivity contribution in [2.75, 3.05) is 31.5 Å². The molecule has 1 fully saturated rings. The monoisotopic (exact) mass is 644 g/mol. The van der Waals surface area contributed by atoms with Gasteiger partial charge in [0.05, 0.1) is 24.2 Å². The van der Waals surface area contributed by atoms with Gasteiger partial charge in [-0.05, 0) is 36.2 Å². The molecule has 0 radical (unpaired) electrons. The highest BCUT2D eigenvalue weighted by atomic mass is 128. The summed E-state index contributed by atoms with van der Waals surface area (Å²) in [6, 6.07) is 0. The number of esters is 1. The number of hydrogen-bond acceptors (Lipinski definition) is 6. The molecule has 0 heterocycles. The second kappa shape index (κ2) is 16.0. The number of hydrogen-bond donors (Lipinski definition) is 0. The predicted molar refractivity (Wildman–Crippen MR) is 135 cm³/mol. The van der Waals surface area contributed by atoms with Crippen LogP contribution in [-0.4, -0.2) is 54.6 Å². The van der Waals surface area contributed by atoms with Crippen LogP contribution in [0.5, 0.6) is 0 Å². The topological polar surface area (TPSA) is 52.6 Å². The van der Waals surface area contributed by atoms with Gasteiger partial charge < -0.3 is 9.47 Å². The van der Waals surface area contributed by atoms with Gasteiger partial charge in [-0.1, -0.05) is 27.2 Å². The van der Waals surface area contributed by atoms with E-state index >= 15 is 0 Å².